The smallest absolute Gasteiger partial charge is 0.0601 e. The summed E-state index contributed by atoms with van der Waals surface area (Å²) in [7, 11) is 0. The van der Waals surface area contributed by atoms with E-state index in [9.17, 15) is 5.11 Å². The van der Waals surface area contributed by atoms with E-state index in [4.69, 9.17) is 5.73 Å². The summed E-state index contributed by atoms with van der Waals surface area (Å²) in [5.41, 5.74) is 5.84. The first-order valence-electron chi connectivity index (χ1n) is 5.29. The highest BCUT2D eigenvalue weighted by Crippen LogP contribution is 2.19. The number of likely N-dealkylation sites (tertiary alicyclic amines) is 1. The van der Waals surface area contributed by atoms with Crippen LogP contribution in [0, 0.1) is 0 Å². The molecule has 0 radical (unpaired) electrons. The summed E-state index contributed by atoms with van der Waals surface area (Å²) in [6.45, 7) is 5.47. The molecule has 0 bridgehead atoms. The molecule has 1 heterocycles. The van der Waals surface area contributed by atoms with E-state index in [0.29, 0.717) is 6.04 Å². The van der Waals surface area contributed by atoms with Crippen molar-refractivity contribution in [2.45, 2.75) is 51.2 Å². The van der Waals surface area contributed by atoms with Gasteiger partial charge in [-0.05, 0) is 33.2 Å². The van der Waals surface area contributed by atoms with Gasteiger partial charge in [-0.3, -0.25) is 4.90 Å². The minimum atomic E-state index is 0.0607. The number of hydrogen-bond donors (Lipinski definition) is 2. The largest absolute Gasteiger partial charge is 0.395 e. The Balaban J connectivity index is 2.55. The summed E-state index contributed by atoms with van der Waals surface area (Å²) in [5, 5.41) is 9.24. The molecule has 0 saturated carbocycles. The predicted octanol–water partition coefficient (Wildman–Crippen LogP) is 0.569. The quantitative estimate of drug-likeness (QED) is 0.677. The zero-order valence-electron chi connectivity index (χ0n) is 8.74. The lowest BCUT2D eigenvalue weighted by atomic mass is 9.99. The average molecular weight is 186 g/mol. The van der Waals surface area contributed by atoms with Crippen molar-refractivity contribution in [3.8, 4) is 0 Å². The van der Waals surface area contributed by atoms with Gasteiger partial charge in [-0.25, -0.2) is 0 Å². The second-order valence-electron chi connectivity index (χ2n) is 4.19. The van der Waals surface area contributed by atoms with Gasteiger partial charge in [0, 0.05) is 18.1 Å². The van der Waals surface area contributed by atoms with Crippen LogP contribution in [0.2, 0.25) is 0 Å². The van der Waals surface area contributed by atoms with Crippen LogP contribution in [0.3, 0.4) is 0 Å². The molecule has 3 nitrogen and oxygen atoms in total. The van der Waals surface area contributed by atoms with Gasteiger partial charge in [-0.15, -0.1) is 0 Å². The van der Waals surface area contributed by atoms with Gasteiger partial charge in [-0.2, -0.15) is 0 Å². The SMILES string of the molecule is CC(N)C(CO)N1CCCCC1C. The van der Waals surface area contributed by atoms with Crippen molar-refractivity contribution < 1.29 is 5.11 Å². The van der Waals surface area contributed by atoms with E-state index in [1.807, 2.05) is 6.92 Å². The van der Waals surface area contributed by atoms with Gasteiger partial charge >= 0.3 is 0 Å². The minimum Gasteiger partial charge on any atom is -0.395 e. The standard InChI is InChI=1S/C10H22N2O/c1-8-5-3-4-6-12(8)10(7-13)9(2)11/h8-10,13H,3-7,11H2,1-2H3. The van der Waals surface area contributed by atoms with Crippen LogP contribution in [0.5, 0.6) is 0 Å². The molecule has 1 aliphatic rings. The zero-order chi connectivity index (χ0) is 9.84. The highest BCUT2D eigenvalue weighted by atomic mass is 16.3. The number of piperidine rings is 1. The van der Waals surface area contributed by atoms with E-state index in [0.717, 1.165) is 6.54 Å². The van der Waals surface area contributed by atoms with E-state index >= 15 is 0 Å². The second kappa shape index (κ2) is 4.94. The second-order valence-corrected chi connectivity index (χ2v) is 4.19. The first kappa shape index (κ1) is 11.0. The molecule has 3 unspecified atom stereocenters. The molecule has 0 aromatic rings. The fraction of sp³-hybridized carbons (Fsp3) is 1.00. The highest BCUT2D eigenvalue weighted by Gasteiger charge is 2.27. The van der Waals surface area contributed by atoms with Crippen molar-refractivity contribution >= 4 is 0 Å². The van der Waals surface area contributed by atoms with Crippen molar-refractivity contribution in [1.82, 2.24) is 4.90 Å². The molecule has 78 valence electrons. The summed E-state index contributed by atoms with van der Waals surface area (Å²) in [6, 6.07) is 0.790. The van der Waals surface area contributed by atoms with Crippen molar-refractivity contribution in [3.05, 3.63) is 0 Å². The van der Waals surface area contributed by atoms with Gasteiger partial charge in [0.2, 0.25) is 0 Å². The summed E-state index contributed by atoms with van der Waals surface area (Å²) < 4.78 is 0. The van der Waals surface area contributed by atoms with Crippen LogP contribution in [0.1, 0.15) is 33.1 Å². The van der Waals surface area contributed by atoms with Gasteiger partial charge in [0.05, 0.1) is 6.61 Å². The van der Waals surface area contributed by atoms with Gasteiger partial charge in [-0.1, -0.05) is 6.42 Å². The molecule has 3 heteroatoms. The molecule has 1 rings (SSSR count). The lowest BCUT2D eigenvalue weighted by Crippen LogP contribution is -2.53. The molecule has 1 aliphatic heterocycles. The molecule has 13 heavy (non-hydrogen) atoms. The Morgan fingerprint density at radius 3 is 2.69 bits per heavy atom. The Labute approximate surface area is 80.9 Å². The number of aliphatic hydroxyl groups is 1. The number of aliphatic hydroxyl groups excluding tert-OH is 1. The molecule has 0 aromatic heterocycles. The number of nitrogens with zero attached hydrogens (tertiary/aromatic N) is 1. The van der Waals surface area contributed by atoms with E-state index in [2.05, 4.69) is 11.8 Å². The van der Waals surface area contributed by atoms with Crippen LogP contribution in [0.15, 0.2) is 0 Å². The first-order chi connectivity index (χ1) is 6.16. The Bertz CT molecular complexity index is 150. The Hall–Kier alpha value is -0.120. The molecule has 0 spiro atoms. The first-order valence-corrected chi connectivity index (χ1v) is 5.29. The van der Waals surface area contributed by atoms with E-state index in [1.54, 1.807) is 0 Å². The molecule has 0 aliphatic carbocycles. The van der Waals surface area contributed by atoms with Crippen molar-refractivity contribution in [1.29, 1.82) is 0 Å². The van der Waals surface area contributed by atoms with Crippen LogP contribution < -0.4 is 5.73 Å². The van der Waals surface area contributed by atoms with Crippen LogP contribution in [0.4, 0.5) is 0 Å². The summed E-state index contributed by atoms with van der Waals surface area (Å²) in [6.07, 6.45) is 3.80. The maximum atomic E-state index is 9.24. The van der Waals surface area contributed by atoms with E-state index in [1.165, 1.54) is 19.3 Å². The third kappa shape index (κ3) is 2.66. The lowest BCUT2D eigenvalue weighted by molar-refractivity contribution is 0.0537. The summed E-state index contributed by atoms with van der Waals surface area (Å²) in [5.74, 6) is 0. The fourth-order valence-electron chi connectivity index (χ4n) is 2.19. The normalized spacial score (nSPS) is 30.0. The lowest BCUT2D eigenvalue weighted by Gasteiger charge is -2.40. The molecule has 1 fully saturated rings. The van der Waals surface area contributed by atoms with Crippen molar-refractivity contribution in [2.75, 3.05) is 13.2 Å². The summed E-state index contributed by atoms with van der Waals surface area (Å²) in [4.78, 5) is 2.36. The molecule has 0 aromatic carbocycles. The maximum Gasteiger partial charge on any atom is 0.0601 e. The zero-order valence-corrected chi connectivity index (χ0v) is 8.74. The maximum absolute atomic E-state index is 9.24. The predicted molar refractivity (Wildman–Crippen MR) is 54.5 cm³/mol. The van der Waals surface area contributed by atoms with Gasteiger partial charge in [0.15, 0.2) is 0 Å². The monoisotopic (exact) mass is 186 g/mol. The fourth-order valence-corrected chi connectivity index (χ4v) is 2.19. The topological polar surface area (TPSA) is 49.5 Å². The molecule has 0 amide bonds. The minimum absolute atomic E-state index is 0.0607. The van der Waals surface area contributed by atoms with Crippen LogP contribution in [-0.2, 0) is 0 Å². The summed E-state index contributed by atoms with van der Waals surface area (Å²) >= 11 is 0. The van der Waals surface area contributed by atoms with Crippen LogP contribution in [0.25, 0.3) is 0 Å². The highest BCUT2D eigenvalue weighted by molar-refractivity contribution is 4.84. The molecule has 1 saturated heterocycles. The van der Waals surface area contributed by atoms with Crippen molar-refractivity contribution in [2.24, 2.45) is 5.73 Å². The van der Waals surface area contributed by atoms with E-state index in [-0.39, 0.29) is 18.7 Å². The average Bonchev–Trinajstić information content (AvgIpc) is 2.09. The van der Waals surface area contributed by atoms with Gasteiger partial charge in [0.25, 0.3) is 0 Å². The molecular formula is C10H22N2O. The van der Waals surface area contributed by atoms with Crippen molar-refractivity contribution in [3.63, 3.8) is 0 Å². The Morgan fingerprint density at radius 1 is 1.54 bits per heavy atom. The third-order valence-electron chi connectivity index (χ3n) is 3.07. The number of rotatable bonds is 3. The van der Waals surface area contributed by atoms with Gasteiger partial charge in [0.1, 0.15) is 0 Å². The molecule has 3 atom stereocenters. The number of nitrogens with two attached hydrogens (primary N) is 1. The molecular weight excluding hydrogens is 164 g/mol. The van der Waals surface area contributed by atoms with E-state index < -0.39 is 0 Å². The number of hydrogen-bond acceptors (Lipinski definition) is 3. The molecule has 3 N–H and O–H groups in total. The Morgan fingerprint density at radius 2 is 2.23 bits per heavy atom. The van der Waals surface area contributed by atoms with Gasteiger partial charge < -0.3 is 10.8 Å². The third-order valence-corrected chi connectivity index (χ3v) is 3.07. The Kier molecular flexibility index (Phi) is 4.16. The van der Waals surface area contributed by atoms with Crippen LogP contribution >= 0.6 is 0 Å². The van der Waals surface area contributed by atoms with Crippen LogP contribution in [-0.4, -0.2) is 41.3 Å².